The molecule has 0 fully saturated rings. The van der Waals surface area contributed by atoms with Crippen molar-refractivity contribution in [1.82, 2.24) is 0 Å². The van der Waals surface area contributed by atoms with Crippen LogP contribution in [0.25, 0.3) is 0 Å². The van der Waals surface area contributed by atoms with E-state index in [2.05, 4.69) is 25.9 Å². The molecule has 0 aliphatic carbocycles. The van der Waals surface area contributed by atoms with Gasteiger partial charge >= 0.3 is 11.9 Å². The molecule has 3 rings (SSSR count). The Kier molecular flexibility index (Phi) is 12.7. The molecule has 4 N–H and O–H groups in total. The second kappa shape index (κ2) is 16.9. The summed E-state index contributed by atoms with van der Waals surface area (Å²) in [4.78, 5) is 66.4. The number of ketones is 1. The van der Waals surface area contributed by atoms with Crippen LogP contribution in [0.2, 0.25) is 0 Å². The first kappa shape index (κ1) is 35.5. The molecular weight excluding hydrogens is 610 g/mol. The van der Waals surface area contributed by atoms with Crippen LogP contribution >= 0.6 is 0 Å². The zero-order valence-corrected chi connectivity index (χ0v) is 26.1. The molecule has 0 bridgehead atoms. The number of benzene rings is 3. The number of carbonyl (C=O) groups is 5. The summed E-state index contributed by atoms with van der Waals surface area (Å²) >= 11 is 0. The van der Waals surface area contributed by atoms with Crippen molar-refractivity contribution in [2.24, 2.45) is 15.2 Å². The zero-order chi connectivity index (χ0) is 34.5. The number of azo groups is 1. The van der Waals surface area contributed by atoms with Gasteiger partial charge in [-0.05, 0) is 79.1 Å². The smallest absolute Gasteiger partial charge is 0.338 e. The Morgan fingerprint density at radius 2 is 1.38 bits per heavy atom. The molecule has 0 saturated heterocycles. The molecule has 14 heteroatoms. The standard InChI is InChI=1S/C33H33N5O9/c1-19(40)28(34-18-23-17-22(32(44)46-3)7-14-27(23)33(45)47-4)30(42)35-24-10-12-25(13-11-24)36-31(43)29(20(2)41)38-37-26-8-5-21(6-9-26)15-16-39/h5-14,17,39,41H,15-16,18H2,1-4H3,(H,35,42)(H,36,43). The number of nitrogens with zero attached hydrogens (tertiary/aromatic N) is 3. The molecule has 3 aromatic rings. The number of anilines is 2. The maximum absolute atomic E-state index is 13.0. The number of aliphatic hydroxyl groups is 2. The molecular formula is C33H33N5O9. The molecule has 0 heterocycles. The minimum atomic E-state index is -0.830. The van der Waals surface area contributed by atoms with Crippen LogP contribution in [0.4, 0.5) is 17.1 Å². The lowest BCUT2D eigenvalue weighted by Crippen LogP contribution is -2.29. The topological polar surface area (TPSA) is 205 Å². The van der Waals surface area contributed by atoms with Gasteiger partial charge in [-0.25, -0.2) is 9.59 Å². The Morgan fingerprint density at radius 1 is 0.787 bits per heavy atom. The number of aliphatic imine (C=N–C) groups is 1. The maximum Gasteiger partial charge on any atom is 0.338 e. The Balaban J connectivity index is 1.71. The van der Waals surface area contributed by atoms with Crippen LogP contribution in [0.3, 0.4) is 0 Å². The summed E-state index contributed by atoms with van der Waals surface area (Å²) < 4.78 is 9.49. The number of amides is 2. The van der Waals surface area contributed by atoms with Gasteiger partial charge in [-0.3, -0.25) is 19.4 Å². The number of carbonyl (C=O) groups excluding carboxylic acids is 5. The Labute approximate surface area is 269 Å². The molecule has 0 aliphatic heterocycles. The van der Waals surface area contributed by atoms with Crippen molar-refractivity contribution in [3.63, 3.8) is 0 Å². The molecule has 0 saturated carbocycles. The van der Waals surface area contributed by atoms with E-state index in [9.17, 15) is 29.1 Å². The number of ether oxygens (including phenoxy) is 2. The lowest BCUT2D eigenvalue weighted by Gasteiger charge is -2.10. The van der Waals surface area contributed by atoms with E-state index >= 15 is 0 Å². The number of methoxy groups -OCH3 is 2. The highest BCUT2D eigenvalue weighted by molar-refractivity contribution is 6.67. The van der Waals surface area contributed by atoms with Gasteiger partial charge in [0.05, 0.1) is 37.6 Å². The number of rotatable bonds is 13. The molecule has 0 spiro atoms. The first-order chi connectivity index (χ1) is 22.5. The average molecular weight is 644 g/mol. The fraction of sp³-hybridized carbons (Fsp3) is 0.212. The van der Waals surface area contributed by atoms with Gasteiger partial charge in [-0.15, -0.1) is 5.11 Å². The summed E-state index contributed by atoms with van der Waals surface area (Å²) in [6.45, 7) is 2.16. The van der Waals surface area contributed by atoms with Crippen LogP contribution in [-0.4, -0.2) is 66.3 Å². The zero-order valence-electron chi connectivity index (χ0n) is 26.1. The number of aliphatic hydroxyl groups excluding tert-OH is 2. The van der Waals surface area contributed by atoms with Gasteiger partial charge in [0.2, 0.25) is 0 Å². The molecule has 14 nitrogen and oxygen atoms in total. The molecule has 47 heavy (non-hydrogen) atoms. The van der Waals surface area contributed by atoms with Crippen molar-refractivity contribution in [2.75, 3.05) is 31.5 Å². The lowest BCUT2D eigenvalue weighted by molar-refractivity contribution is -0.115. The minimum Gasteiger partial charge on any atom is -0.510 e. The van der Waals surface area contributed by atoms with Gasteiger partial charge < -0.3 is 30.3 Å². The van der Waals surface area contributed by atoms with Crippen LogP contribution in [-0.2, 0) is 36.8 Å². The van der Waals surface area contributed by atoms with Crippen LogP contribution in [0.15, 0.2) is 93.4 Å². The second-order valence-electron chi connectivity index (χ2n) is 9.84. The number of hydrogen-bond acceptors (Lipinski definition) is 12. The van der Waals surface area contributed by atoms with Crippen molar-refractivity contribution in [3.05, 3.63) is 100 Å². The fourth-order valence-corrected chi connectivity index (χ4v) is 4.05. The minimum absolute atomic E-state index is 0.00931. The van der Waals surface area contributed by atoms with Crippen molar-refractivity contribution in [2.45, 2.75) is 26.8 Å². The number of nitrogens with one attached hydrogen (secondary N) is 2. The summed E-state index contributed by atoms with van der Waals surface area (Å²) in [5, 5.41) is 32.1. The van der Waals surface area contributed by atoms with E-state index in [0.717, 1.165) is 12.5 Å². The summed E-state index contributed by atoms with van der Waals surface area (Å²) in [7, 11) is 2.39. The molecule has 0 atom stereocenters. The molecule has 2 amide bonds. The number of allylic oxidation sites excluding steroid dienone is 1. The summed E-state index contributed by atoms with van der Waals surface area (Å²) in [5.74, 6) is -3.93. The normalized spacial score (nSPS) is 11.8. The highest BCUT2D eigenvalue weighted by Crippen LogP contribution is 2.20. The van der Waals surface area contributed by atoms with Crippen molar-refractivity contribution >= 4 is 52.3 Å². The summed E-state index contributed by atoms with van der Waals surface area (Å²) in [5.41, 5.74) is 1.60. The average Bonchev–Trinajstić information content (AvgIpc) is 3.05. The van der Waals surface area contributed by atoms with Crippen LogP contribution in [0.5, 0.6) is 0 Å². The summed E-state index contributed by atoms with van der Waals surface area (Å²) in [6, 6.07) is 16.8. The highest BCUT2D eigenvalue weighted by atomic mass is 16.5. The van der Waals surface area contributed by atoms with Crippen LogP contribution in [0, 0.1) is 0 Å². The van der Waals surface area contributed by atoms with E-state index < -0.39 is 35.2 Å². The number of esters is 2. The van der Waals surface area contributed by atoms with Gasteiger partial charge in [-0.1, -0.05) is 12.1 Å². The largest absolute Gasteiger partial charge is 0.510 e. The quantitative estimate of drug-likeness (QED) is 0.0517. The maximum atomic E-state index is 13.0. The molecule has 0 radical (unpaired) electrons. The molecule has 244 valence electrons. The molecule has 0 aromatic heterocycles. The van der Waals surface area contributed by atoms with Crippen molar-refractivity contribution in [3.8, 4) is 0 Å². The third kappa shape index (κ3) is 9.99. The van der Waals surface area contributed by atoms with Gasteiger partial charge in [0.15, 0.2) is 17.2 Å². The number of Topliss-reactive ketones (excluding diaryl/α,β-unsaturated/α-hetero) is 1. The summed E-state index contributed by atoms with van der Waals surface area (Å²) in [6.07, 6.45) is 0.489. The van der Waals surface area contributed by atoms with E-state index in [1.807, 2.05) is 0 Å². The Bertz CT molecular complexity index is 1740. The van der Waals surface area contributed by atoms with Crippen LogP contribution < -0.4 is 10.6 Å². The van der Waals surface area contributed by atoms with E-state index in [1.54, 1.807) is 24.3 Å². The monoisotopic (exact) mass is 643 g/mol. The lowest BCUT2D eigenvalue weighted by atomic mass is 10.0. The predicted molar refractivity (Wildman–Crippen MR) is 172 cm³/mol. The predicted octanol–water partition coefficient (Wildman–Crippen LogP) is 4.48. The third-order valence-electron chi connectivity index (χ3n) is 6.45. The van der Waals surface area contributed by atoms with E-state index in [4.69, 9.17) is 14.6 Å². The molecule has 0 unspecified atom stereocenters. The van der Waals surface area contributed by atoms with E-state index in [-0.39, 0.29) is 47.0 Å². The van der Waals surface area contributed by atoms with Gasteiger partial charge in [0.25, 0.3) is 11.8 Å². The Hall–Kier alpha value is -6.02. The van der Waals surface area contributed by atoms with Gasteiger partial charge in [-0.2, -0.15) is 5.11 Å². The second-order valence-corrected chi connectivity index (χ2v) is 9.84. The van der Waals surface area contributed by atoms with Crippen molar-refractivity contribution < 1.29 is 43.7 Å². The highest BCUT2D eigenvalue weighted by Gasteiger charge is 2.20. The molecule has 3 aromatic carbocycles. The van der Waals surface area contributed by atoms with E-state index in [1.165, 1.54) is 63.6 Å². The SMILES string of the molecule is COC(=O)c1ccc(C(=O)OC)c(CN=C(C(C)=O)C(=O)Nc2ccc(NC(=O)C(N=Nc3ccc(CCO)cc3)=C(C)O)cc2)c1. The fourth-order valence-electron chi connectivity index (χ4n) is 4.05. The van der Waals surface area contributed by atoms with Crippen LogP contribution in [0.1, 0.15) is 45.7 Å². The van der Waals surface area contributed by atoms with Crippen molar-refractivity contribution in [1.29, 1.82) is 0 Å². The Morgan fingerprint density at radius 3 is 1.91 bits per heavy atom. The van der Waals surface area contributed by atoms with E-state index in [0.29, 0.717) is 17.8 Å². The molecule has 0 aliphatic rings. The first-order valence-corrected chi connectivity index (χ1v) is 14.1. The third-order valence-corrected chi connectivity index (χ3v) is 6.45. The van der Waals surface area contributed by atoms with Gasteiger partial charge in [0, 0.05) is 24.9 Å². The van der Waals surface area contributed by atoms with Gasteiger partial charge in [0.1, 0.15) is 5.76 Å². The number of hydrogen-bond donors (Lipinski definition) is 4. The first-order valence-electron chi connectivity index (χ1n) is 14.1.